The van der Waals surface area contributed by atoms with Gasteiger partial charge in [-0.05, 0) is 36.4 Å². The van der Waals surface area contributed by atoms with Crippen molar-refractivity contribution in [2.45, 2.75) is 99.7 Å². The van der Waals surface area contributed by atoms with E-state index in [4.69, 9.17) is 25.8 Å². The van der Waals surface area contributed by atoms with Gasteiger partial charge in [-0.15, -0.1) is 0 Å². The van der Waals surface area contributed by atoms with Crippen LogP contribution in [0.15, 0.2) is 67.8 Å². The first kappa shape index (κ1) is 44.6. The Balaban J connectivity index is 0.000000261. The predicted octanol–water partition coefficient (Wildman–Crippen LogP) is 13.1. The summed E-state index contributed by atoms with van der Waals surface area (Å²) < 4.78 is 23.6. The molecular weight excluding hydrogens is 886 g/mol. The number of hydrogen-bond donors (Lipinski definition) is 0. The number of carbonyl (C=O) groups excluding carboxylic acids is 1. The number of halogens is 3. The van der Waals surface area contributed by atoms with Crippen LogP contribution in [0, 0.1) is 0 Å². The summed E-state index contributed by atoms with van der Waals surface area (Å²) >= 11 is 10.6. The number of carbonyl (C=O) groups is 1. The molecule has 0 radical (unpaired) electrons. The Morgan fingerprint density at radius 2 is 1.22 bits per heavy atom. The number of pyridine rings is 2. The maximum absolute atomic E-state index is 11.5. The molecule has 0 saturated heterocycles. The molecule has 0 amide bonds. The van der Waals surface area contributed by atoms with Crippen molar-refractivity contribution in [1.29, 1.82) is 0 Å². The second-order valence-electron chi connectivity index (χ2n) is 12.5. The van der Waals surface area contributed by atoms with Gasteiger partial charge < -0.3 is 9.47 Å². The number of rotatable bonds is 17. The van der Waals surface area contributed by atoms with Crippen molar-refractivity contribution in [3.8, 4) is 0 Å². The van der Waals surface area contributed by atoms with E-state index in [0.717, 1.165) is 48.5 Å². The van der Waals surface area contributed by atoms with Crippen molar-refractivity contribution in [2.24, 2.45) is 0 Å². The molecule has 274 valence electrons. The largest absolute Gasteiger partial charge is 0.380 e. The molecule has 0 fully saturated rings. The molecule has 2 aromatic heterocycles. The van der Waals surface area contributed by atoms with Crippen LogP contribution in [-0.4, -0.2) is 55.0 Å². The minimum atomic E-state index is -2.24. The van der Waals surface area contributed by atoms with Crippen molar-refractivity contribution < 1.29 is 19.0 Å². The minimum absolute atomic E-state index is 0.0427. The van der Waals surface area contributed by atoms with Gasteiger partial charge in [-0.1, -0.05) is 55.6 Å². The Labute approximate surface area is 326 Å². The molecular formula is C40H55Br2ClN2O4Sn. The number of nitrogens with zero attached hydrogens (tertiary/aromatic N) is 2. The fourth-order valence-electron chi connectivity index (χ4n) is 5.84. The van der Waals surface area contributed by atoms with Gasteiger partial charge in [0.25, 0.3) is 0 Å². The van der Waals surface area contributed by atoms with Crippen LogP contribution in [0.25, 0.3) is 21.8 Å². The molecule has 0 saturated carbocycles. The third-order valence-electron chi connectivity index (χ3n) is 8.53. The molecule has 0 aliphatic rings. The summed E-state index contributed by atoms with van der Waals surface area (Å²) in [5.41, 5.74) is 3.92. The molecule has 0 aliphatic carbocycles. The minimum Gasteiger partial charge on any atom is -0.380 e. The summed E-state index contributed by atoms with van der Waals surface area (Å²) in [4.78, 5) is 20.2. The van der Waals surface area contributed by atoms with Gasteiger partial charge in [0.1, 0.15) is 10.8 Å². The summed E-state index contributed by atoms with van der Waals surface area (Å²) in [6.45, 7) is 16.6. The Morgan fingerprint density at radius 1 is 0.760 bits per heavy atom. The summed E-state index contributed by atoms with van der Waals surface area (Å²) in [6.07, 6.45) is 8.10. The molecule has 10 heteroatoms. The van der Waals surface area contributed by atoms with Crippen LogP contribution in [0.5, 0.6) is 0 Å². The monoisotopic (exact) mass is 940 g/mol. The smallest absolute Gasteiger partial charge is 0.178 e. The van der Waals surface area contributed by atoms with E-state index < -0.39 is 18.4 Å². The Hall–Kier alpha value is -1.56. The first-order chi connectivity index (χ1) is 24.0. The van der Waals surface area contributed by atoms with E-state index in [9.17, 15) is 4.79 Å². The van der Waals surface area contributed by atoms with E-state index >= 15 is 0 Å². The predicted molar refractivity (Wildman–Crippen MR) is 221 cm³/mol. The molecule has 50 heavy (non-hydrogen) atoms. The van der Waals surface area contributed by atoms with Crippen molar-refractivity contribution in [1.82, 2.24) is 9.97 Å². The van der Waals surface area contributed by atoms with E-state index in [1.165, 1.54) is 62.5 Å². The maximum atomic E-state index is 11.5. The van der Waals surface area contributed by atoms with E-state index in [-0.39, 0.29) is 5.78 Å². The van der Waals surface area contributed by atoms with E-state index in [2.05, 4.69) is 76.1 Å². The Morgan fingerprint density at radius 3 is 1.66 bits per heavy atom. The van der Waals surface area contributed by atoms with Gasteiger partial charge in [0.05, 0.1) is 24.2 Å². The van der Waals surface area contributed by atoms with Crippen LogP contribution in [0.1, 0.15) is 94.8 Å². The van der Waals surface area contributed by atoms with Gasteiger partial charge in [0, 0.05) is 52.0 Å². The van der Waals surface area contributed by atoms with Crippen molar-refractivity contribution in [2.75, 3.05) is 20.8 Å². The number of hydrogen-bond acceptors (Lipinski definition) is 6. The van der Waals surface area contributed by atoms with Crippen LogP contribution in [0.4, 0.5) is 0 Å². The third kappa shape index (κ3) is 14.1. The Bertz CT molecular complexity index is 1650. The van der Waals surface area contributed by atoms with Crippen LogP contribution in [0.3, 0.4) is 0 Å². The first-order valence-electron chi connectivity index (χ1n) is 17.6. The first-order valence-corrected chi connectivity index (χ1v) is 27.1. The zero-order valence-electron chi connectivity index (χ0n) is 31.0. The average Bonchev–Trinajstić information content (AvgIpc) is 3.09. The number of methoxy groups -OCH3 is 2. The zero-order chi connectivity index (χ0) is 37.1. The molecule has 2 aromatic carbocycles. The fraction of sp³-hybridized carbons (Fsp3) is 0.475. The van der Waals surface area contributed by atoms with Crippen molar-refractivity contribution in [3.63, 3.8) is 0 Å². The number of fused-ring (bicyclic) bond motifs is 2. The number of unbranched alkanes of at least 4 members (excludes halogenated alkanes) is 3. The molecule has 0 N–H and O–H groups in total. The van der Waals surface area contributed by atoms with Gasteiger partial charge >= 0.3 is 120 Å². The molecule has 0 spiro atoms. The summed E-state index contributed by atoms with van der Waals surface area (Å²) in [5, 5.41) is 2.57. The second kappa shape index (κ2) is 23.9. The second-order valence-corrected chi connectivity index (χ2v) is 27.8. The standard InChI is InChI=1S/C13H12BrNO2.C11H9BrClNO.C4H7O.3C4H9.Sn/c1-8(16)13-10(7-17-2)5-9-3-4-11(14)6-12(9)15-13;1-15-6-8-4-7-2-3-9(12)5-10(7)14-11(8)13;1-3-5-4-2;3*1-3-4-2;/h3-6H,7H2,1-2H3;2-5H,6H2,1H3;1,4H2,2H3;3*1,3-4H2,2H3;. The van der Waals surface area contributed by atoms with E-state index in [0.29, 0.717) is 24.1 Å². The van der Waals surface area contributed by atoms with Gasteiger partial charge in [0.15, 0.2) is 5.78 Å². The van der Waals surface area contributed by atoms with Gasteiger partial charge in [-0.3, -0.25) is 4.79 Å². The molecule has 0 atom stereocenters. The van der Waals surface area contributed by atoms with Crippen LogP contribution >= 0.6 is 43.5 Å². The molecule has 0 bridgehead atoms. The van der Waals surface area contributed by atoms with E-state index in [1.807, 2.05) is 48.5 Å². The average molecular weight is 942 g/mol. The summed E-state index contributed by atoms with van der Waals surface area (Å²) in [7, 11) is 3.25. The van der Waals surface area contributed by atoms with Gasteiger partial charge in [-0.25, -0.2) is 9.97 Å². The Kier molecular flexibility index (Phi) is 21.3. The SMILES string of the molecule is C=[C](OCC)[Sn]([CH2]CCC)([CH2]CCC)[CH2]CCC.COCc1cc2ccc(Br)cc2nc1C(C)=O.COCc1cc2ccc(Br)cc2nc1Cl. The molecule has 4 aromatic rings. The normalized spacial score (nSPS) is 11.1. The van der Waals surface area contributed by atoms with Crippen molar-refractivity contribution in [3.05, 3.63) is 89.8 Å². The summed E-state index contributed by atoms with van der Waals surface area (Å²) in [5.74, 6) is -0.0427. The van der Waals surface area contributed by atoms with Gasteiger partial charge in [-0.2, -0.15) is 0 Å². The number of Topliss-reactive ketones (excluding diaryl/α,β-unsaturated/α-hetero) is 1. The van der Waals surface area contributed by atoms with Gasteiger partial charge in [0.2, 0.25) is 0 Å². The van der Waals surface area contributed by atoms with Crippen LogP contribution < -0.4 is 0 Å². The van der Waals surface area contributed by atoms with Crippen LogP contribution in [-0.2, 0) is 27.4 Å². The molecule has 0 aliphatic heterocycles. The maximum Gasteiger partial charge on any atom is 0.178 e. The number of ether oxygens (including phenoxy) is 3. The van der Waals surface area contributed by atoms with Crippen LogP contribution in [0.2, 0.25) is 18.5 Å². The molecule has 6 nitrogen and oxygen atoms in total. The number of aromatic nitrogens is 2. The zero-order valence-corrected chi connectivity index (χ0v) is 37.8. The molecule has 2 heterocycles. The number of benzene rings is 2. The third-order valence-corrected chi connectivity index (χ3v) is 24.9. The van der Waals surface area contributed by atoms with E-state index in [1.54, 1.807) is 14.2 Å². The quantitative estimate of drug-likeness (QED) is 0.0455. The molecule has 0 unspecified atom stereocenters. The topological polar surface area (TPSA) is 70.5 Å². The fourth-order valence-corrected chi connectivity index (χ4v) is 21.4. The summed E-state index contributed by atoms with van der Waals surface area (Å²) in [6, 6.07) is 15.7. The van der Waals surface area contributed by atoms with Crippen molar-refractivity contribution >= 4 is 89.4 Å². The molecule has 4 rings (SSSR count). The number of ketones is 1.